The highest BCUT2D eigenvalue weighted by Crippen LogP contribution is 2.32. The molecular formula is C20H22O5. The first kappa shape index (κ1) is 17.1. The van der Waals surface area contributed by atoms with Crippen molar-refractivity contribution >= 4 is 5.78 Å². The zero-order valence-corrected chi connectivity index (χ0v) is 14.2. The Morgan fingerprint density at radius 1 is 1.04 bits per heavy atom. The van der Waals surface area contributed by atoms with Crippen molar-refractivity contribution in [2.24, 2.45) is 0 Å². The molecule has 0 aromatic heterocycles. The van der Waals surface area contributed by atoms with Gasteiger partial charge in [0.15, 0.2) is 17.3 Å². The fraction of sp³-hybridized carbons (Fsp3) is 0.350. The van der Waals surface area contributed by atoms with Gasteiger partial charge in [-0.25, -0.2) is 0 Å². The summed E-state index contributed by atoms with van der Waals surface area (Å²) in [7, 11) is 0. The first-order valence-electron chi connectivity index (χ1n) is 8.55. The van der Waals surface area contributed by atoms with Crippen LogP contribution in [0.25, 0.3) is 0 Å². The van der Waals surface area contributed by atoms with Crippen molar-refractivity contribution in [2.45, 2.75) is 32.6 Å². The van der Waals surface area contributed by atoms with Crippen LogP contribution in [0.2, 0.25) is 0 Å². The normalized spacial score (nSPS) is 13.3. The molecule has 0 atom stereocenters. The molecule has 0 unspecified atom stereocenters. The number of ether oxygens (including phenoxy) is 2. The van der Waals surface area contributed by atoms with E-state index in [1.165, 1.54) is 6.07 Å². The summed E-state index contributed by atoms with van der Waals surface area (Å²) in [6, 6.07) is 8.27. The molecule has 0 aliphatic carbocycles. The Kier molecular flexibility index (Phi) is 5.12. The number of fused-ring (bicyclic) bond motifs is 1. The minimum absolute atomic E-state index is 0.0199. The molecule has 1 heterocycles. The van der Waals surface area contributed by atoms with Gasteiger partial charge in [0.05, 0.1) is 18.8 Å². The Balaban J connectivity index is 1.83. The highest BCUT2D eigenvalue weighted by atomic mass is 16.5. The van der Waals surface area contributed by atoms with Crippen LogP contribution >= 0.6 is 0 Å². The molecule has 1 aliphatic heterocycles. The van der Waals surface area contributed by atoms with Gasteiger partial charge in [-0.2, -0.15) is 0 Å². The monoisotopic (exact) mass is 342 g/mol. The van der Waals surface area contributed by atoms with Crippen molar-refractivity contribution in [2.75, 3.05) is 13.2 Å². The van der Waals surface area contributed by atoms with Crippen LogP contribution in [0.15, 0.2) is 30.3 Å². The van der Waals surface area contributed by atoms with Crippen molar-refractivity contribution in [1.29, 1.82) is 0 Å². The average Bonchev–Trinajstić information content (AvgIpc) is 2.82. The number of hydrogen-bond acceptors (Lipinski definition) is 5. The summed E-state index contributed by atoms with van der Waals surface area (Å²) < 4.78 is 11.2. The minimum Gasteiger partial charge on any atom is -0.508 e. The number of aryl methyl sites for hydroxylation is 1. The third-order valence-corrected chi connectivity index (χ3v) is 4.19. The Morgan fingerprint density at radius 2 is 1.80 bits per heavy atom. The first-order chi connectivity index (χ1) is 12.1. The summed E-state index contributed by atoms with van der Waals surface area (Å²) in [6.07, 6.45) is 2.45. The van der Waals surface area contributed by atoms with Gasteiger partial charge >= 0.3 is 0 Å². The van der Waals surface area contributed by atoms with E-state index in [4.69, 9.17) is 9.47 Å². The Hall–Kier alpha value is -2.69. The molecule has 25 heavy (non-hydrogen) atoms. The van der Waals surface area contributed by atoms with E-state index in [0.29, 0.717) is 36.7 Å². The van der Waals surface area contributed by atoms with Crippen molar-refractivity contribution in [3.8, 4) is 23.0 Å². The summed E-state index contributed by atoms with van der Waals surface area (Å²) in [4.78, 5) is 12.6. The summed E-state index contributed by atoms with van der Waals surface area (Å²) in [5.41, 5.74) is 1.69. The SMILES string of the molecule is CCCc1cc(C(=O)Cc2ccc3c(c2)OCCCO3)c(O)cc1O. The molecule has 0 bridgehead atoms. The number of hydrogen-bond donors (Lipinski definition) is 2. The third-order valence-electron chi connectivity index (χ3n) is 4.19. The summed E-state index contributed by atoms with van der Waals surface area (Å²) in [5, 5.41) is 19.9. The second-order valence-electron chi connectivity index (χ2n) is 6.18. The number of ketones is 1. The van der Waals surface area contributed by atoms with Crippen LogP contribution in [0, 0.1) is 0 Å². The molecule has 0 spiro atoms. The predicted octanol–water partition coefficient (Wildman–Crippen LogP) is 3.64. The smallest absolute Gasteiger partial charge is 0.170 e. The Morgan fingerprint density at radius 3 is 2.56 bits per heavy atom. The second-order valence-corrected chi connectivity index (χ2v) is 6.18. The van der Waals surface area contributed by atoms with Crippen LogP contribution < -0.4 is 9.47 Å². The molecule has 2 aromatic rings. The van der Waals surface area contributed by atoms with Gasteiger partial charge in [-0.05, 0) is 35.7 Å². The van der Waals surface area contributed by atoms with E-state index in [9.17, 15) is 15.0 Å². The van der Waals surface area contributed by atoms with Gasteiger partial charge in [-0.15, -0.1) is 0 Å². The summed E-state index contributed by atoms with van der Waals surface area (Å²) in [5.74, 6) is 0.948. The van der Waals surface area contributed by atoms with E-state index in [1.807, 2.05) is 25.1 Å². The van der Waals surface area contributed by atoms with Crippen molar-refractivity contribution in [3.63, 3.8) is 0 Å². The summed E-state index contributed by atoms with van der Waals surface area (Å²) >= 11 is 0. The Bertz CT molecular complexity index is 782. The number of phenolic OH excluding ortho intramolecular Hbond substituents is 2. The van der Waals surface area contributed by atoms with Crippen molar-refractivity contribution in [3.05, 3.63) is 47.0 Å². The standard InChI is InChI=1S/C20H22O5/c1-2-4-14-11-15(18(23)12-16(14)21)17(22)9-13-5-6-19-20(10-13)25-8-3-7-24-19/h5-6,10-12,21,23H,2-4,7-9H2,1H3. The molecule has 2 N–H and O–H groups in total. The zero-order valence-electron chi connectivity index (χ0n) is 14.2. The molecule has 0 fully saturated rings. The lowest BCUT2D eigenvalue weighted by atomic mass is 9.98. The molecule has 0 saturated carbocycles. The molecule has 0 radical (unpaired) electrons. The van der Waals surface area contributed by atoms with Crippen LogP contribution in [0.1, 0.15) is 41.3 Å². The average molecular weight is 342 g/mol. The lowest BCUT2D eigenvalue weighted by Crippen LogP contribution is -2.05. The van der Waals surface area contributed by atoms with E-state index < -0.39 is 0 Å². The Labute approximate surface area is 146 Å². The van der Waals surface area contributed by atoms with Crippen LogP contribution in [0.5, 0.6) is 23.0 Å². The van der Waals surface area contributed by atoms with E-state index in [0.717, 1.165) is 18.4 Å². The van der Waals surface area contributed by atoms with Gasteiger partial charge < -0.3 is 19.7 Å². The highest BCUT2D eigenvalue weighted by molar-refractivity contribution is 6.00. The van der Waals surface area contributed by atoms with Gasteiger partial charge in [0, 0.05) is 18.9 Å². The van der Waals surface area contributed by atoms with Crippen LogP contribution in [0.3, 0.4) is 0 Å². The second kappa shape index (κ2) is 7.47. The van der Waals surface area contributed by atoms with E-state index in [1.54, 1.807) is 6.07 Å². The first-order valence-corrected chi connectivity index (χ1v) is 8.55. The number of carbonyl (C=O) groups excluding carboxylic acids is 1. The highest BCUT2D eigenvalue weighted by Gasteiger charge is 2.17. The predicted molar refractivity (Wildman–Crippen MR) is 93.9 cm³/mol. The lowest BCUT2D eigenvalue weighted by Gasteiger charge is -2.11. The molecule has 132 valence electrons. The molecule has 2 aromatic carbocycles. The minimum atomic E-state index is -0.204. The number of phenols is 2. The topological polar surface area (TPSA) is 76.0 Å². The fourth-order valence-electron chi connectivity index (χ4n) is 2.91. The maximum Gasteiger partial charge on any atom is 0.170 e. The number of carbonyl (C=O) groups is 1. The zero-order chi connectivity index (χ0) is 17.8. The molecule has 0 amide bonds. The molecule has 1 aliphatic rings. The molecular weight excluding hydrogens is 320 g/mol. The third kappa shape index (κ3) is 3.87. The van der Waals surface area contributed by atoms with Gasteiger partial charge in [-0.3, -0.25) is 4.79 Å². The van der Waals surface area contributed by atoms with E-state index in [2.05, 4.69) is 0 Å². The maximum atomic E-state index is 12.6. The van der Waals surface area contributed by atoms with Gasteiger partial charge in [0.1, 0.15) is 11.5 Å². The number of rotatable bonds is 5. The van der Waals surface area contributed by atoms with Crippen LogP contribution in [-0.2, 0) is 12.8 Å². The maximum absolute atomic E-state index is 12.6. The quantitative estimate of drug-likeness (QED) is 0.812. The molecule has 3 rings (SSSR count). The van der Waals surface area contributed by atoms with Crippen LogP contribution in [0.4, 0.5) is 0 Å². The van der Waals surface area contributed by atoms with Gasteiger partial charge in [0.2, 0.25) is 0 Å². The summed E-state index contributed by atoms with van der Waals surface area (Å²) in [6.45, 7) is 3.20. The van der Waals surface area contributed by atoms with Gasteiger partial charge in [-0.1, -0.05) is 19.4 Å². The number of benzene rings is 2. The lowest BCUT2D eigenvalue weighted by molar-refractivity contribution is 0.0990. The van der Waals surface area contributed by atoms with E-state index >= 15 is 0 Å². The number of aromatic hydroxyl groups is 2. The molecule has 5 nitrogen and oxygen atoms in total. The van der Waals surface area contributed by atoms with Crippen molar-refractivity contribution in [1.82, 2.24) is 0 Å². The van der Waals surface area contributed by atoms with E-state index in [-0.39, 0.29) is 29.3 Å². The van der Waals surface area contributed by atoms with Gasteiger partial charge in [0.25, 0.3) is 0 Å². The van der Waals surface area contributed by atoms with Crippen molar-refractivity contribution < 1.29 is 24.5 Å². The largest absolute Gasteiger partial charge is 0.508 e. The molecule has 5 heteroatoms. The fourth-order valence-corrected chi connectivity index (χ4v) is 2.91. The number of Topliss-reactive ketones (excluding diaryl/α,β-unsaturated/α-hetero) is 1. The van der Waals surface area contributed by atoms with Crippen LogP contribution in [-0.4, -0.2) is 29.2 Å². The molecule has 0 saturated heterocycles.